The van der Waals surface area contributed by atoms with Crippen molar-refractivity contribution in [2.45, 2.75) is 37.5 Å². The van der Waals surface area contributed by atoms with Crippen LogP contribution < -0.4 is 5.32 Å². The third-order valence-corrected chi connectivity index (χ3v) is 7.10. The largest absolute Gasteiger partial charge is 0.356 e. The van der Waals surface area contributed by atoms with Gasteiger partial charge in [-0.3, -0.25) is 4.79 Å². The van der Waals surface area contributed by atoms with Gasteiger partial charge in [-0.1, -0.05) is 5.16 Å². The Balaban J connectivity index is 1.58. The summed E-state index contributed by atoms with van der Waals surface area (Å²) in [6.45, 7) is 3.99. The highest BCUT2D eigenvalue weighted by Gasteiger charge is 2.33. The van der Waals surface area contributed by atoms with Gasteiger partial charge in [0.05, 0.1) is 21.8 Å². The van der Waals surface area contributed by atoms with Gasteiger partial charge in [-0.05, 0) is 44.0 Å². The van der Waals surface area contributed by atoms with Crippen LogP contribution in [-0.2, 0) is 14.8 Å². The first-order valence-electron chi connectivity index (χ1n) is 9.96. The highest BCUT2D eigenvalue weighted by molar-refractivity contribution is 7.89. The fraction of sp³-hybridized carbons (Fsp3) is 0.333. The summed E-state index contributed by atoms with van der Waals surface area (Å²) in [4.78, 5) is 19.9. The lowest BCUT2D eigenvalue weighted by molar-refractivity contribution is -0.114. The lowest BCUT2D eigenvalue weighted by Crippen LogP contribution is -2.39. The summed E-state index contributed by atoms with van der Waals surface area (Å²) in [5.74, 6) is 0.268. The van der Waals surface area contributed by atoms with Crippen molar-refractivity contribution in [3.63, 3.8) is 0 Å². The number of aromatic nitrogens is 3. The first-order valence-corrected chi connectivity index (χ1v) is 11.4. The van der Waals surface area contributed by atoms with E-state index in [0.717, 1.165) is 23.4 Å². The second-order valence-electron chi connectivity index (χ2n) is 7.56. The number of nitrogens with zero attached hydrogens (tertiary/aromatic N) is 4. The van der Waals surface area contributed by atoms with Gasteiger partial charge in [0.2, 0.25) is 15.9 Å². The van der Waals surface area contributed by atoms with E-state index in [1.54, 1.807) is 18.3 Å². The Morgan fingerprint density at radius 3 is 2.71 bits per heavy atom. The number of carbonyl (C=O) groups is 1. The Labute approximate surface area is 180 Å². The standard InChI is InChI=1S/C21H23N5O4S/c1-14-10-20(30-25-14)19-11-22-13-23-21(19)16-4-3-9-26(12-16)31(28,29)18-7-5-17(6-8-18)24-15(2)27/h5-8,10-11,13,16H,3-4,9,12H2,1-2H3,(H,24,27)/t16-/m1/s1. The summed E-state index contributed by atoms with van der Waals surface area (Å²) in [6.07, 6.45) is 4.67. The Morgan fingerprint density at radius 1 is 1.26 bits per heavy atom. The molecule has 3 aromatic rings. The lowest BCUT2D eigenvalue weighted by atomic mass is 9.92. The molecule has 0 bridgehead atoms. The van der Waals surface area contributed by atoms with Crippen molar-refractivity contribution in [3.8, 4) is 11.3 Å². The molecule has 31 heavy (non-hydrogen) atoms. The smallest absolute Gasteiger partial charge is 0.243 e. The molecule has 4 rings (SSSR count). The molecule has 1 aromatic carbocycles. The van der Waals surface area contributed by atoms with Gasteiger partial charge in [0.15, 0.2) is 5.76 Å². The summed E-state index contributed by atoms with van der Waals surface area (Å²) >= 11 is 0. The van der Waals surface area contributed by atoms with Crippen LogP contribution in [0.5, 0.6) is 0 Å². The van der Waals surface area contributed by atoms with Crippen molar-refractivity contribution < 1.29 is 17.7 Å². The number of hydrogen-bond acceptors (Lipinski definition) is 7. The minimum atomic E-state index is -3.68. The van der Waals surface area contributed by atoms with Crippen molar-refractivity contribution in [2.75, 3.05) is 18.4 Å². The number of amides is 1. The summed E-state index contributed by atoms with van der Waals surface area (Å²) < 4.78 is 33.4. The van der Waals surface area contributed by atoms with E-state index in [1.165, 1.54) is 29.7 Å². The van der Waals surface area contributed by atoms with Crippen LogP contribution in [0.2, 0.25) is 0 Å². The number of anilines is 1. The molecule has 9 nitrogen and oxygen atoms in total. The first-order chi connectivity index (χ1) is 14.8. The molecule has 2 aromatic heterocycles. The molecule has 0 aliphatic carbocycles. The van der Waals surface area contributed by atoms with Crippen molar-refractivity contribution in [3.05, 3.63) is 54.2 Å². The third-order valence-electron chi connectivity index (χ3n) is 5.22. The second-order valence-corrected chi connectivity index (χ2v) is 9.50. The Bertz CT molecular complexity index is 1190. The van der Waals surface area contributed by atoms with E-state index in [0.29, 0.717) is 31.0 Å². The Kier molecular flexibility index (Phi) is 5.84. The van der Waals surface area contributed by atoms with Crippen molar-refractivity contribution in [1.82, 2.24) is 19.4 Å². The van der Waals surface area contributed by atoms with E-state index >= 15 is 0 Å². The monoisotopic (exact) mass is 441 g/mol. The topological polar surface area (TPSA) is 118 Å². The summed E-state index contributed by atoms with van der Waals surface area (Å²) in [5, 5.41) is 6.57. The van der Waals surface area contributed by atoms with Gasteiger partial charge >= 0.3 is 0 Å². The number of aryl methyl sites for hydroxylation is 1. The Morgan fingerprint density at radius 2 is 2.03 bits per heavy atom. The molecule has 10 heteroatoms. The molecular weight excluding hydrogens is 418 g/mol. The normalized spacial score (nSPS) is 17.4. The summed E-state index contributed by atoms with van der Waals surface area (Å²) in [6, 6.07) is 8.01. The molecule has 1 amide bonds. The first kappa shape index (κ1) is 21.1. The van der Waals surface area contributed by atoms with E-state index < -0.39 is 10.0 Å². The zero-order chi connectivity index (χ0) is 22.0. The van der Waals surface area contributed by atoms with E-state index in [9.17, 15) is 13.2 Å². The number of sulfonamides is 1. The van der Waals surface area contributed by atoms with Crippen LogP contribution in [-0.4, -0.2) is 46.8 Å². The van der Waals surface area contributed by atoms with Crippen LogP contribution in [0.25, 0.3) is 11.3 Å². The van der Waals surface area contributed by atoms with Gasteiger partial charge < -0.3 is 9.84 Å². The number of nitrogens with one attached hydrogen (secondary N) is 1. The van der Waals surface area contributed by atoms with Gasteiger partial charge in [-0.15, -0.1) is 0 Å². The Hall–Kier alpha value is -3.11. The van der Waals surface area contributed by atoms with E-state index in [4.69, 9.17) is 4.52 Å². The average molecular weight is 442 g/mol. The fourth-order valence-corrected chi connectivity index (χ4v) is 5.32. The van der Waals surface area contributed by atoms with Gasteiger partial charge in [0.1, 0.15) is 6.33 Å². The zero-order valence-corrected chi connectivity index (χ0v) is 18.1. The summed E-state index contributed by atoms with van der Waals surface area (Å²) in [7, 11) is -3.68. The van der Waals surface area contributed by atoms with Gasteiger partial charge in [-0.25, -0.2) is 18.4 Å². The molecule has 162 valence electrons. The quantitative estimate of drug-likeness (QED) is 0.646. The average Bonchev–Trinajstić information content (AvgIpc) is 3.20. The number of benzene rings is 1. The number of piperidine rings is 1. The summed E-state index contributed by atoms with van der Waals surface area (Å²) in [5.41, 5.74) is 2.79. The molecule has 1 aliphatic heterocycles. The van der Waals surface area contributed by atoms with Crippen molar-refractivity contribution >= 4 is 21.6 Å². The molecular formula is C21H23N5O4S. The highest BCUT2D eigenvalue weighted by atomic mass is 32.2. The third kappa shape index (κ3) is 4.49. The van der Waals surface area contributed by atoms with Crippen LogP contribution in [0.15, 0.2) is 52.3 Å². The maximum atomic E-state index is 13.2. The van der Waals surface area contributed by atoms with Crippen LogP contribution >= 0.6 is 0 Å². The SMILES string of the molecule is CC(=O)Nc1ccc(S(=O)(=O)N2CCC[C@@H](c3ncncc3-c3cc(C)no3)C2)cc1. The van der Waals surface area contributed by atoms with Crippen molar-refractivity contribution in [1.29, 1.82) is 0 Å². The molecule has 1 fully saturated rings. The minimum absolute atomic E-state index is 0.0921. The molecule has 1 N–H and O–H groups in total. The molecule has 1 saturated heterocycles. The highest BCUT2D eigenvalue weighted by Crippen LogP contribution is 2.34. The predicted octanol–water partition coefficient (Wildman–Crippen LogP) is 2.97. The van der Waals surface area contributed by atoms with E-state index in [2.05, 4.69) is 20.4 Å². The van der Waals surface area contributed by atoms with Crippen LogP contribution in [0.3, 0.4) is 0 Å². The number of rotatable bonds is 5. The van der Waals surface area contributed by atoms with E-state index in [-0.39, 0.29) is 16.7 Å². The lowest BCUT2D eigenvalue weighted by Gasteiger charge is -2.32. The maximum Gasteiger partial charge on any atom is 0.243 e. The van der Waals surface area contributed by atoms with Gasteiger partial charge in [0, 0.05) is 43.9 Å². The van der Waals surface area contributed by atoms with Gasteiger partial charge in [0.25, 0.3) is 0 Å². The second kappa shape index (κ2) is 8.56. The van der Waals surface area contributed by atoms with Crippen LogP contribution in [0.4, 0.5) is 5.69 Å². The zero-order valence-electron chi connectivity index (χ0n) is 17.3. The van der Waals surface area contributed by atoms with Crippen LogP contribution in [0.1, 0.15) is 37.1 Å². The molecule has 0 unspecified atom stereocenters. The molecule has 1 atom stereocenters. The number of carbonyl (C=O) groups excluding carboxylic acids is 1. The molecule has 0 spiro atoms. The molecule has 0 saturated carbocycles. The predicted molar refractivity (Wildman–Crippen MR) is 114 cm³/mol. The van der Waals surface area contributed by atoms with Gasteiger partial charge in [-0.2, -0.15) is 4.31 Å². The molecule has 1 aliphatic rings. The van der Waals surface area contributed by atoms with Crippen molar-refractivity contribution in [2.24, 2.45) is 0 Å². The maximum absolute atomic E-state index is 13.2. The minimum Gasteiger partial charge on any atom is -0.356 e. The number of hydrogen-bond donors (Lipinski definition) is 1. The fourth-order valence-electron chi connectivity index (χ4n) is 3.79. The molecule has 3 heterocycles. The molecule has 0 radical (unpaired) electrons. The van der Waals surface area contributed by atoms with E-state index in [1.807, 2.05) is 13.0 Å². The van der Waals surface area contributed by atoms with Crippen LogP contribution in [0, 0.1) is 6.92 Å².